The lowest BCUT2D eigenvalue weighted by Gasteiger charge is -2.12. The average Bonchev–Trinajstić information content (AvgIpc) is 3.61. The van der Waals surface area contributed by atoms with E-state index in [0.29, 0.717) is 23.7 Å². The van der Waals surface area contributed by atoms with E-state index in [0.717, 1.165) is 18.2 Å². The van der Waals surface area contributed by atoms with Crippen LogP contribution in [0.25, 0.3) is 5.65 Å². The molecule has 5 rings (SSSR count). The van der Waals surface area contributed by atoms with Gasteiger partial charge in [-0.25, -0.2) is 32.2 Å². The summed E-state index contributed by atoms with van der Waals surface area (Å²) in [6.45, 7) is 2.66. The van der Waals surface area contributed by atoms with Crippen LogP contribution in [0.5, 0.6) is 5.88 Å². The Labute approximate surface area is 231 Å². The summed E-state index contributed by atoms with van der Waals surface area (Å²) in [5.74, 6) is 3.09. The molecule has 4 aromatic heterocycles. The highest BCUT2D eigenvalue weighted by Gasteiger charge is 2.24. The zero-order valence-corrected chi connectivity index (χ0v) is 22.4. The standard InChI is InChI=1S/C25H19ClF2N8O3S/c1-3-35-14-16(12-32-35)33-23-24-29-8-9-36(24)17(13-30-23)4-5-18-19(27)6-7-20(22(18)28)34-40(37,38)21-10-15(26)11-31-25(21)39-2/h6-14,34H,3H2,1-2H3,(H,30,33). The smallest absolute Gasteiger partial charge is 0.267 e. The molecule has 15 heteroatoms. The molecule has 0 aliphatic rings. The molecule has 0 amide bonds. The van der Waals surface area contributed by atoms with Gasteiger partial charge >= 0.3 is 0 Å². The molecule has 0 bridgehead atoms. The largest absolute Gasteiger partial charge is 0.480 e. The molecule has 5 aromatic rings. The van der Waals surface area contributed by atoms with E-state index in [1.54, 1.807) is 27.7 Å². The Balaban J connectivity index is 1.47. The molecule has 0 aliphatic carbocycles. The number of imidazole rings is 1. The summed E-state index contributed by atoms with van der Waals surface area (Å²) in [7, 11) is -3.20. The third-order valence-electron chi connectivity index (χ3n) is 5.57. The Kier molecular flexibility index (Phi) is 7.24. The fourth-order valence-electron chi connectivity index (χ4n) is 3.66. The van der Waals surface area contributed by atoms with E-state index in [2.05, 4.69) is 41.9 Å². The van der Waals surface area contributed by atoms with Gasteiger partial charge in [0.05, 0.1) is 41.5 Å². The number of benzene rings is 1. The van der Waals surface area contributed by atoms with E-state index in [1.165, 1.54) is 25.7 Å². The van der Waals surface area contributed by atoms with E-state index in [4.69, 9.17) is 16.3 Å². The van der Waals surface area contributed by atoms with Crippen molar-refractivity contribution in [2.24, 2.45) is 0 Å². The van der Waals surface area contributed by atoms with Crippen molar-refractivity contribution in [2.75, 3.05) is 17.1 Å². The number of anilines is 3. The Bertz CT molecular complexity index is 1910. The van der Waals surface area contributed by atoms with Crippen molar-refractivity contribution >= 4 is 44.5 Å². The second-order valence-corrected chi connectivity index (χ2v) is 10.2. The van der Waals surface area contributed by atoms with Crippen molar-refractivity contribution in [1.82, 2.24) is 29.1 Å². The molecule has 2 N–H and O–H groups in total. The summed E-state index contributed by atoms with van der Waals surface area (Å²) in [4.78, 5) is 12.0. The van der Waals surface area contributed by atoms with Gasteiger partial charge in [0.2, 0.25) is 5.88 Å². The van der Waals surface area contributed by atoms with Gasteiger partial charge in [-0.15, -0.1) is 0 Å². The maximum atomic E-state index is 15.3. The number of nitrogens with zero attached hydrogens (tertiary/aromatic N) is 6. The lowest BCUT2D eigenvalue weighted by molar-refractivity contribution is 0.385. The van der Waals surface area contributed by atoms with Crippen LogP contribution in [-0.4, -0.2) is 44.7 Å². The molecule has 204 valence electrons. The molecule has 0 radical (unpaired) electrons. The van der Waals surface area contributed by atoms with Crippen molar-refractivity contribution < 1.29 is 21.9 Å². The van der Waals surface area contributed by atoms with Gasteiger partial charge in [-0.05, 0) is 31.0 Å². The fraction of sp³-hybridized carbons (Fsp3) is 0.120. The van der Waals surface area contributed by atoms with Gasteiger partial charge in [0.25, 0.3) is 10.0 Å². The molecule has 0 aliphatic heterocycles. The van der Waals surface area contributed by atoms with Gasteiger partial charge < -0.3 is 10.1 Å². The number of pyridine rings is 1. The second kappa shape index (κ2) is 10.8. The number of hydrogen-bond acceptors (Lipinski definition) is 8. The van der Waals surface area contributed by atoms with Crippen LogP contribution in [-0.2, 0) is 16.6 Å². The number of rotatable bonds is 7. The Morgan fingerprint density at radius 2 is 1.95 bits per heavy atom. The third kappa shape index (κ3) is 5.24. The molecule has 0 unspecified atom stereocenters. The molecule has 40 heavy (non-hydrogen) atoms. The third-order valence-corrected chi connectivity index (χ3v) is 7.13. The molecule has 0 saturated heterocycles. The number of aryl methyl sites for hydroxylation is 1. The monoisotopic (exact) mass is 584 g/mol. The average molecular weight is 585 g/mol. The topological polar surface area (TPSA) is 128 Å². The first-order valence-corrected chi connectivity index (χ1v) is 13.4. The highest BCUT2D eigenvalue weighted by atomic mass is 35.5. The van der Waals surface area contributed by atoms with Crippen LogP contribution in [0.15, 0.2) is 60.3 Å². The van der Waals surface area contributed by atoms with E-state index in [9.17, 15) is 12.8 Å². The van der Waals surface area contributed by atoms with Crippen LogP contribution in [0.4, 0.5) is 26.0 Å². The number of nitrogens with one attached hydrogen (secondary N) is 2. The predicted molar refractivity (Wildman–Crippen MR) is 143 cm³/mol. The minimum Gasteiger partial charge on any atom is -0.480 e. The molecule has 0 atom stereocenters. The first-order chi connectivity index (χ1) is 19.2. The number of methoxy groups -OCH3 is 1. The van der Waals surface area contributed by atoms with Crippen LogP contribution in [0.2, 0.25) is 5.02 Å². The van der Waals surface area contributed by atoms with Gasteiger partial charge in [-0.1, -0.05) is 17.5 Å². The maximum absolute atomic E-state index is 15.3. The Morgan fingerprint density at radius 1 is 1.12 bits per heavy atom. The van der Waals surface area contributed by atoms with Gasteiger partial charge in [-0.3, -0.25) is 13.8 Å². The van der Waals surface area contributed by atoms with Crippen LogP contribution in [0.3, 0.4) is 0 Å². The molecule has 1 aromatic carbocycles. The van der Waals surface area contributed by atoms with Crippen molar-refractivity contribution in [3.05, 3.63) is 83.3 Å². The fourth-order valence-corrected chi connectivity index (χ4v) is 5.09. The number of aromatic nitrogens is 6. The lowest BCUT2D eigenvalue weighted by atomic mass is 10.1. The summed E-state index contributed by atoms with van der Waals surface area (Å²) < 4.78 is 66.2. The minimum atomic E-state index is -4.42. The highest BCUT2D eigenvalue weighted by molar-refractivity contribution is 7.92. The van der Waals surface area contributed by atoms with Crippen molar-refractivity contribution in [3.8, 4) is 17.7 Å². The Morgan fingerprint density at radius 3 is 2.70 bits per heavy atom. The molecule has 11 nitrogen and oxygen atoms in total. The van der Waals surface area contributed by atoms with Crippen LogP contribution in [0, 0.1) is 23.5 Å². The summed E-state index contributed by atoms with van der Waals surface area (Å²) in [6.07, 6.45) is 9.20. The number of halogens is 3. The first-order valence-electron chi connectivity index (χ1n) is 11.5. The summed E-state index contributed by atoms with van der Waals surface area (Å²) >= 11 is 5.88. The van der Waals surface area contributed by atoms with Gasteiger partial charge in [0.1, 0.15) is 11.5 Å². The number of sulfonamides is 1. The molecule has 4 heterocycles. The number of hydrogen-bond donors (Lipinski definition) is 2. The van der Waals surface area contributed by atoms with Gasteiger partial charge in [-0.2, -0.15) is 5.10 Å². The zero-order chi connectivity index (χ0) is 28.4. The van der Waals surface area contributed by atoms with Crippen LogP contribution in [0.1, 0.15) is 18.2 Å². The van der Waals surface area contributed by atoms with Crippen LogP contribution >= 0.6 is 11.6 Å². The summed E-state index contributed by atoms with van der Waals surface area (Å²) in [5.41, 5.74) is 0.210. The molecule has 0 spiro atoms. The zero-order valence-electron chi connectivity index (χ0n) is 20.9. The van der Waals surface area contributed by atoms with E-state index in [1.807, 2.05) is 6.92 Å². The maximum Gasteiger partial charge on any atom is 0.267 e. The van der Waals surface area contributed by atoms with Gasteiger partial charge in [0.15, 0.2) is 22.2 Å². The molecular formula is C25H19ClF2N8O3S. The van der Waals surface area contributed by atoms with E-state index in [-0.39, 0.29) is 16.6 Å². The second-order valence-electron chi connectivity index (χ2n) is 8.12. The molecule has 0 fully saturated rings. The Hall–Kier alpha value is -4.74. The lowest BCUT2D eigenvalue weighted by Crippen LogP contribution is -2.16. The van der Waals surface area contributed by atoms with Gasteiger partial charge in [0, 0.05) is 31.3 Å². The van der Waals surface area contributed by atoms with Crippen molar-refractivity contribution in [3.63, 3.8) is 0 Å². The summed E-state index contributed by atoms with van der Waals surface area (Å²) in [6, 6.07) is 2.93. The molecular weight excluding hydrogens is 566 g/mol. The number of fused-ring (bicyclic) bond motifs is 1. The first kappa shape index (κ1) is 26.9. The van der Waals surface area contributed by atoms with Crippen LogP contribution < -0.4 is 14.8 Å². The highest BCUT2D eigenvalue weighted by Crippen LogP contribution is 2.29. The SMILES string of the molecule is CCn1cc(Nc2ncc(C#Cc3c(F)ccc(NS(=O)(=O)c4cc(Cl)cnc4OC)c3F)n3ccnc23)cn1. The predicted octanol–water partition coefficient (Wildman–Crippen LogP) is 4.23. The van der Waals surface area contributed by atoms with Crippen molar-refractivity contribution in [1.29, 1.82) is 0 Å². The van der Waals surface area contributed by atoms with E-state index < -0.39 is 37.8 Å². The quantitative estimate of drug-likeness (QED) is 0.272. The number of ether oxygens (including phenoxy) is 1. The normalized spacial score (nSPS) is 11.2. The summed E-state index contributed by atoms with van der Waals surface area (Å²) in [5, 5.41) is 7.35. The molecule has 0 saturated carbocycles. The van der Waals surface area contributed by atoms with Crippen molar-refractivity contribution in [2.45, 2.75) is 18.4 Å². The van der Waals surface area contributed by atoms with E-state index >= 15 is 4.39 Å². The minimum absolute atomic E-state index is 0.0176.